The van der Waals surface area contributed by atoms with Crippen molar-refractivity contribution in [3.05, 3.63) is 63.7 Å². The SMILES string of the molecule is COC(=O)c1c(NC(=O)c2ccc(-c3cccc(C(F)(F)F)c3)o2)sc2c1CCCC2. The summed E-state index contributed by atoms with van der Waals surface area (Å²) in [6, 6.07) is 7.50. The van der Waals surface area contributed by atoms with E-state index in [9.17, 15) is 22.8 Å². The van der Waals surface area contributed by atoms with Crippen LogP contribution in [-0.4, -0.2) is 19.0 Å². The van der Waals surface area contributed by atoms with E-state index in [0.717, 1.165) is 48.3 Å². The van der Waals surface area contributed by atoms with Crippen molar-refractivity contribution in [1.29, 1.82) is 0 Å². The predicted octanol–water partition coefficient (Wildman–Crippen LogP) is 5.94. The van der Waals surface area contributed by atoms with Crippen molar-refractivity contribution in [2.24, 2.45) is 0 Å². The summed E-state index contributed by atoms with van der Waals surface area (Å²) in [6.45, 7) is 0. The maximum Gasteiger partial charge on any atom is 0.416 e. The van der Waals surface area contributed by atoms with Crippen LogP contribution in [0.25, 0.3) is 11.3 Å². The maximum atomic E-state index is 13.0. The summed E-state index contributed by atoms with van der Waals surface area (Å²) in [4.78, 5) is 26.1. The van der Waals surface area contributed by atoms with E-state index in [1.807, 2.05) is 0 Å². The fraction of sp³-hybridized carbons (Fsp3) is 0.273. The van der Waals surface area contributed by atoms with E-state index in [1.165, 1.54) is 42.7 Å². The molecule has 0 aliphatic heterocycles. The van der Waals surface area contributed by atoms with Crippen LogP contribution in [0.4, 0.5) is 18.2 Å². The Morgan fingerprint density at radius 1 is 1.13 bits per heavy atom. The van der Waals surface area contributed by atoms with Gasteiger partial charge in [0.15, 0.2) is 5.76 Å². The van der Waals surface area contributed by atoms with Gasteiger partial charge in [-0.2, -0.15) is 13.2 Å². The fourth-order valence-electron chi connectivity index (χ4n) is 3.60. The molecule has 1 aromatic carbocycles. The van der Waals surface area contributed by atoms with Gasteiger partial charge in [0, 0.05) is 10.4 Å². The molecule has 0 saturated heterocycles. The second-order valence-electron chi connectivity index (χ2n) is 7.10. The highest BCUT2D eigenvalue weighted by Gasteiger charge is 2.31. The molecule has 0 atom stereocenters. The third-order valence-corrected chi connectivity index (χ3v) is 6.30. The van der Waals surface area contributed by atoms with Crippen molar-refractivity contribution in [3.8, 4) is 11.3 Å². The number of halogens is 3. The van der Waals surface area contributed by atoms with Crippen LogP contribution in [0.1, 0.15) is 49.8 Å². The Kier molecular flexibility index (Phi) is 5.62. The second kappa shape index (κ2) is 8.22. The molecule has 0 saturated carbocycles. The van der Waals surface area contributed by atoms with E-state index in [-0.39, 0.29) is 17.1 Å². The first-order chi connectivity index (χ1) is 14.8. The lowest BCUT2D eigenvalue weighted by Crippen LogP contribution is -2.14. The summed E-state index contributed by atoms with van der Waals surface area (Å²) in [6.07, 6.45) is -0.933. The zero-order valence-electron chi connectivity index (χ0n) is 16.5. The van der Waals surface area contributed by atoms with Crippen molar-refractivity contribution in [2.75, 3.05) is 12.4 Å². The van der Waals surface area contributed by atoms with Gasteiger partial charge in [-0.05, 0) is 55.5 Å². The van der Waals surface area contributed by atoms with Crippen LogP contribution in [0, 0.1) is 0 Å². The highest BCUT2D eigenvalue weighted by Crippen LogP contribution is 2.39. The first-order valence-electron chi connectivity index (χ1n) is 9.59. The number of furan rings is 1. The summed E-state index contributed by atoms with van der Waals surface area (Å²) in [5.74, 6) is -1.05. The topological polar surface area (TPSA) is 68.5 Å². The number of carbonyl (C=O) groups is 2. The van der Waals surface area contributed by atoms with Crippen molar-refractivity contribution < 1.29 is 31.9 Å². The van der Waals surface area contributed by atoms with Gasteiger partial charge in [-0.25, -0.2) is 4.79 Å². The molecular weight excluding hydrogens is 431 g/mol. The van der Waals surface area contributed by atoms with Crippen LogP contribution in [0.5, 0.6) is 0 Å². The number of hydrogen-bond acceptors (Lipinski definition) is 5. The molecule has 0 unspecified atom stereocenters. The number of fused-ring (bicyclic) bond motifs is 1. The zero-order chi connectivity index (χ0) is 22.2. The molecule has 1 N–H and O–H groups in total. The Hall–Kier alpha value is -3.07. The molecule has 162 valence electrons. The van der Waals surface area contributed by atoms with Gasteiger partial charge in [0.25, 0.3) is 5.91 Å². The molecule has 0 radical (unpaired) electrons. The smallest absolute Gasteiger partial charge is 0.416 e. The highest BCUT2D eigenvalue weighted by atomic mass is 32.1. The lowest BCUT2D eigenvalue weighted by atomic mass is 9.95. The summed E-state index contributed by atoms with van der Waals surface area (Å²) < 4.78 is 49.3. The molecule has 3 aromatic rings. The molecule has 2 aromatic heterocycles. The summed E-state index contributed by atoms with van der Waals surface area (Å²) in [5.41, 5.74) is 0.665. The number of hydrogen-bond donors (Lipinski definition) is 1. The molecule has 0 spiro atoms. The van der Waals surface area contributed by atoms with Crippen molar-refractivity contribution in [1.82, 2.24) is 0 Å². The van der Waals surface area contributed by atoms with Crippen molar-refractivity contribution in [3.63, 3.8) is 0 Å². The van der Waals surface area contributed by atoms with E-state index in [2.05, 4.69) is 5.32 Å². The van der Waals surface area contributed by atoms with Crippen LogP contribution in [0.15, 0.2) is 40.8 Å². The number of ether oxygens (including phenoxy) is 1. The number of benzene rings is 1. The van der Waals surface area contributed by atoms with E-state index >= 15 is 0 Å². The number of esters is 1. The Morgan fingerprint density at radius 3 is 2.65 bits per heavy atom. The van der Waals surface area contributed by atoms with Crippen molar-refractivity contribution in [2.45, 2.75) is 31.9 Å². The number of carbonyl (C=O) groups excluding carboxylic acids is 2. The third kappa shape index (κ3) is 4.23. The Labute approximate surface area is 179 Å². The third-order valence-electron chi connectivity index (χ3n) is 5.09. The van der Waals surface area contributed by atoms with Crippen LogP contribution >= 0.6 is 11.3 Å². The van der Waals surface area contributed by atoms with Gasteiger partial charge in [0.1, 0.15) is 10.8 Å². The number of anilines is 1. The van der Waals surface area contributed by atoms with Gasteiger partial charge in [0.05, 0.1) is 18.2 Å². The minimum atomic E-state index is -4.48. The number of methoxy groups -OCH3 is 1. The number of rotatable bonds is 4. The molecule has 1 aliphatic rings. The van der Waals surface area contributed by atoms with Gasteiger partial charge < -0.3 is 14.5 Å². The summed E-state index contributed by atoms with van der Waals surface area (Å²) in [7, 11) is 1.29. The molecule has 1 aliphatic carbocycles. The molecular formula is C22H18F3NO4S. The monoisotopic (exact) mass is 449 g/mol. The molecule has 5 nitrogen and oxygen atoms in total. The normalized spacial score (nSPS) is 13.5. The standard InChI is InChI=1S/C22H18F3NO4S/c1-29-21(28)18-14-7-2-3-8-17(14)31-20(18)26-19(27)16-10-9-15(30-16)12-5-4-6-13(11-12)22(23,24)25/h4-6,9-11H,2-3,7-8H2,1H3,(H,26,27). The highest BCUT2D eigenvalue weighted by molar-refractivity contribution is 7.17. The molecule has 9 heteroatoms. The molecule has 1 amide bonds. The average Bonchev–Trinajstić information content (AvgIpc) is 3.37. The molecule has 2 heterocycles. The molecule has 31 heavy (non-hydrogen) atoms. The van der Waals surface area contributed by atoms with E-state index in [1.54, 1.807) is 0 Å². The lowest BCUT2D eigenvalue weighted by molar-refractivity contribution is -0.137. The zero-order valence-corrected chi connectivity index (χ0v) is 17.3. The van der Waals surface area contributed by atoms with Gasteiger partial charge >= 0.3 is 12.1 Å². The summed E-state index contributed by atoms with van der Waals surface area (Å²) >= 11 is 1.34. The fourth-order valence-corrected chi connectivity index (χ4v) is 4.87. The quantitative estimate of drug-likeness (QED) is 0.500. The largest absolute Gasteiger partial charge is 0.465 e. The van der Waals surface area contributed by atoms with Gasteiger partial charge in [0.2, 0.25) is 0 Å². The van der Waals surface area contributed by atoms with Crippen LogP contribution in [0.2, 0.25) is 0 Å². The van der Waals surface area contributed by atoms with E-state index in [4.69, 9.17) is 9.15 Å². The minimum absolute atomic E-state index is 0.0744. The second-order valence-corrected chi connectivity index (χ2v) is 8.21. The number of nitrogens with one attached hydrogen (secondary N) is 1. The molecule has 4 rings (SSSR count). The van der Waals surface area contributed by atoms with Crippen LogP contribution in [-0.2, 0) is 23.8 Å². The van der Waals surface area contributed by atoms with E-state index in [0.29, 0.717) is 10.6 Å². The number of thiophene rings is 1. The van der Waals surface area contributed by atoms with E-state index < -0.39 is 23.6 Å². The number of amides is 1. The lowest BCUT2D eigenvalue weighted by Gasteiger charge is -2.11. The maximum absolute atomic E-state index is 13.0. The molecule has 0 fully saturated rings. The first kappa shape index (κ1) is 21.2. The predicted molar refractivity (Wildman–Crippen MR) is 109 cm³/mol. The van der Waals surface area contributed by atoms with Crippen LogP contribution in [0.3, 0.4) is 0 Å². The van der Waals surface area contributed by atoms with Gasteiger partial charge in [-0.1, -0.05) is 12.1 Å². The average molecular weight is 449 g/mol. The Morgan fingerprint density at radius 2 is 1.90 bits per heavy atom. The van der Waals surface area contributed by atoms with Crippen molar-refractivity contribution >= 4 is 28.2 Å². The first-order valence-corrected chi connectivity index (χ1v) is 10.4. The van der Waals surface area contributed by atoms with Gasteiger partial charge in [-0.15, -0.1) is 11.3 Å². The minimum Gasteiger partial charge on any atom is -0.465 e. The summed E-state index contributed by atoms with van der Waals surface area (Å²) in [5, 5.41) is 3.09. The Bertz CT molecular complexity index is 1150. The Balaban J connectivity index is 1.60. The van der Waals surface area contributed by atoms with Crippen LogP contribution < -0.4 is 5.32 Å². The van der Waals surface area contributed by atoms with Gasteiger partial charge in [-0.3, -0.25) is 4.79 Å². The number of alkyl halides is 3. The number of aryl methyl sites for hydroxylation is 1. The molecule has 0 bridgehead atoms.